The van der Waals surface area contributed by atoms with E-state index >= 15 is 0 Å². The van der Waals surface area contributed by atoms with Gasteiger partial charge in [0.05, 0.1) is 13.2 Å². The van der Waals surface area contributed by atoms with Gasteiger partial charge in [0.1, 0.15) is 5.69 Å². The summed E-state index contributed by atoms with van der Waals surface area (Å²) in [6.45, 7) is 10.1. The van der Waals surface area contributed by atoms with E-state index < -0.39 is 5.97 Å². The summed E-state index contributed by atoms with van der Waals surface area (Å²) in [5.41, 5.74) is 2.48. The maximum atomic E-state index is 12.2. The lowest BCUT2D eigenvalue weighted by molar-refractivity contribution is 0.0514. The smallest absolute Gasteiger partial charge is 0.355 e. The summed E-state index contributed by atoms with van der Waals surface area (Å²) >= 11 is 0. The molecule has 1 heterocycles. The molecule has 0 bridgehead atoms. The molecule has 0 aliphatic rings. The number of nitrogens with zero attached hydrogens (tertiary/aromatic N) is 1. The van der Waals surface area contributed by atoms with Crippen LogP contribution in [0.25, 0.3) is 0 Å². The monoisotopic (exact) mass is 278 g/mol. The fourth-order valence-corrected chi connectivity index (χ4v) is 2.25. The number of ether oxygens (including phenoxy) is 1. The number of esters is 1. The van der Waals surface area contributed by atoms with E-state index in [1.165, 1.54) is 0 Å². The van der Waals surface area contributed by atoms with E-state index in [9.17, 15) is 9.59 Å². The minimum atomic E-state index is -0.395. The van der Waals surface area contributed by atoms with Gasteiger partial charge in [-0.05, 0) is 26.3 Å². The van der Waals surface area contributed by atoms with Gasteiger partial charge < -0.3 is 14.6 Å². The van der Waals surface area contributed by atoms with Gasteiger partial charge in [-0.25, -0.2) is 4.79 Å². The number of aromatic nitrogens is 1. The number of rotatable bonds is 7. The van der Waals surface area contributed by atoms with Crippen LogP contribution in [0.1, 0.15) is 39.0 Å². The summed E-state index contributed by atoms with van der Waals surface area (Å²) in [5, 5.41) is 2.98. The van der Waals surface area contributed by atoms with Crippen LogP contribution in [-0.4, -0.2) is 36.0 Å². The van der Waals surface area contributed by atoms with Gasteiger partial charge in [0, 0.05) is 24.8 Å². The van der Waals surface area contributed by atoms with Gasteiger partial charge in [-0.1, -0.05) is 6.08 Å². The van der Waals surface area contributed by atoms with Crippen molar-refractivity contribution in [3.05, 3.63) is 35.2 Å². The van der Waals surface area contributed by atoms with E-state index in [1.807, 2.05) is 6.92 Å². The van der Waals surface area contributed by atoms with Crippen molar-refractivity contribution in [3.63, 3.8) is 0 Å². The molecule has 0 fully saturated rings. The average molecular weight is 278 g/mol. The molecule has 0 atom stereocenters. The molecule has 1 N–H and O–H groups in total. The van der Waals surface area contributed by atoms with Crippen LogP contribution in [0, 0.1) is 13.8 Å². The lowest BCUT2D eigenvalue weighted by atomic mass is 10.1. The zero-order chi connectivity index (χ0) is 15.3. The number of carbonyl (C=O) groups excluding carboxylic acids is 2. The van der Waals surface area contributed by atoms with Gasteiger partial charge in [-0.15, -0.1) is 6.58 Å². The van der Waals surface area contributed by atoms with Crippen LogP contribution in [0.15, 0.2) is 12.7 Å². The van der Waals surface area contributed by atoms with Crippen LogP contribution in [0.4, 0.5) is 0 Å². The maximum absolute atomic E-state index is 12.2. The summed E-state index contributed by atoms with van der Waals surface area (Å²) in [4.78, 5) is 24.2. The molecule has 1 aromatic heterocycles. The Balaban J connectivity index is 3.09. The Morgan fingerprint density at radius 3 is 2.60 bits per heavy atom. The van der Waals surface area contributed by atoms with Gasteiger partial charge in [-0.3, -0.25) is 4.79 Å². The molecular weight excluding hydrogens is 256 g/mol. The summed E-state index contributed by atoms with van der Waals surface area (Å²) in [7, 11) is 1.77. The van der Waals surface area contributed by atoms with E-state index in [1.54, 1.807) is 31.5 Å². The molecule has 0 unspecified atom stereocenters. The van der Waals surface area contributed by atoms with E-state index in [4.69, 9.17) is 4.74 Å². The minimum Gasteiger partial charge on any atom is -0.461 e. The third-order valence-corrected chi connectivity index (χ3v) is 3.25. The number of Topliss-reactive ketones (excluding diaryl/α,β-unsaturated/α-hetero) is 1. The molecule has 0 saturated heterocycles. The van der Waals surface area contributed by atoms with E-state index in [0.717, 1.165) is 5.69 Å². The van der Waals surface area contributed by atoms with Crippen molar-refractivity contribution in [2.45, 2.75) is 20.8 Å². The summed E-state index contributed by atoms with van der Waals surface area (Å²) in [6.07, 6.45) is 1.70. The molecular formula is C15H22N2O3. The fourth-order valence-electron chi connectivity index (χ4n) is 2.25. The third-order valence-electron chi connectivity index (χ3n) is 3.25. The Morgan fingerprint density at radius 2 is 2.05 bits per heavy atom. The van der Waals surface area contributed by atoms with Gasteiger partial charge >= 0.3 is 5.97 Å². The van der Waals surface area contributed by atoms with Crippen LogP contribution < -0.4 is 5.32 Å². The molecule has 5 nitrogen and oxygen atoms in total. The largest absolute Gasteiger partial charge is 0.461 e. The molecule has 0 amide bonds. The SMILES string of the molecule is C=CCNCC(=O)c1c(C)c(C(=O)OCC)n(C)c1C. The van der Waals surface area contributed by atoms with E-state index in [0.29, 0.717) is 30.0 Å². The first-order chi connectivity index (χ1) is 9.45. The lowest BCUT2D eigenvalue weighted by Gasteiger charge is -2.05. The van der Waals surface area contributed by atoms with Crippen molar-refractivity contribution >= 4 is 11.8 Å². The molecule has 0 aliphatic carbocycles. The quantitative estimate of drug-likeness (QED) is 0.357. The molecule has 1 aromatic rings. The Kier molecular flexibility index (Phi) is 5.70. The second-order valence-electron chi connectivity index (χ2n) is 4.56. The van der Waals surface area contributed by atoms with Crippen molar-refractivity contribution < 1.29 is 14.3 Å². The topological polar surface area (TPSA) is 60.3 Å². The second kappa shape index (κ2) is 7.05. The van der Waals surface area contributed by atoms with Crippen molar-refractivity contribution in [1.82, 2.24) is 9.88 Å². The van der Waals surface area contributed by atoms with Crippen molar-refractivity contribution in [2.75, 3.05) is 19.7 Å². The highest BCUT2D eigenvalue weighted by Crippen LogP contribution is 2.22. The maximum Gasteiger partial charge on any atom is 0.355 e. The van der Waals surface area contributed by atoms with Gasteiger partial charge in [0.2, 0.25) is 0 Å². The molecule has 0 spiro atoms. The van der Waals surface area contributed by atoms with Gasteiger partial charge in [0.15, 0.2) is 5.78 Å². The first-order valence-corrected chi connectivity index (χ1v) is 6.63. The van der Waals surface area contributed by atoms with Gasteiger partial charge in [-0.2, -0.15) is 0 Å². The number of carbonyl (C=O) groups is 2. The van der Waals surface area contributed by atoms with Crippen LogP contribution in [-0.2, 0) is 11.8 Å². The van der Waals surface area contributed by atoms with Crippen LogP contribution >= 0.6 is 0 Å². The zero-order valence-corrected chi connectivity index (χ0v) is 12.6. The number of ketones is 1. The van der Waals surface area contributed by atoms with E-state index in [-0.39, 0.29) is 12.3 Å². The van der Waals surface area contributed by atoms with Crippen molar-refractivity contribution in [3.8, 4) is 0 Å². The molecule has 0 saturated carbocycles. The third kappa shape index (κ3) is 3.17. The predicted molar refractivity (Wildman–Crippen MR) is 78.2 cm³/mol. The molecule has 110 valence electrons. The molecule has 0 aliphatic heterocycles. The van der Waals surface area contributed by atoms with Crippen molar-refractivity contribution in [1.29, 1.82) is 0 Å². The molecule has 5 heteroatoms. The van der Waals surface area contributed by atoms with Crippen LogP contribution in [0.2, 0.25) is 0 Å². The number of nitrogens with one attached hydrogen (secondary N) is 1. The summed E-state index contributed by atoms with van der Waals surface area (Å²) < 4.78 is 6.75. The predicted octanol–water partition coefficient (Wildman–Crippen LogP) is 1.78. The highest BCUT2D eigenvalue weighted by Gasteiger charge is 2.25. The normalized spacial score (nSPS) is 10.4. The number of hydrogen-bond acceptors (Lipinski definition) is 4. The Labute approximate surface area is 119 Å². The highest BCUT2D eigenvalue weighted by atomic mass is 16.5. The zero-order valence-electron chi connectivity index (χ0n) is 12.6. The summed E-state index contributed by atoms with van der Waals surface area (Å²) in [5.74, 6) is -0.429. The Hall–Kier alpha value is -1.88. The first kappa shape index (κ1) is 16.2. The van der Waals surface area contributed by atoms with Gasteiger partial charge in [0.25, 0.3) is 0 Å². The molecule has 20 heavy (non-hydrogen) atoms. The lowest BCUT2D eigenvalue weighted by Crippen LogP contribution is -2.23. The number of hydrogen-bond donors (Lipinski definition) is 1. The average Bonchev–Trinajstić information content (AvgIpc) is 2.61. The minimum absolute atomic E-state index is 0.0343. The Bertz CT molecular complexity index is 530. The second-order valence-corrected chi connectivity index (χ2v) is 4.56. The van der Waals surface area contributed by atoms with Crippen LogP contribution in [0.5, 0.6) is 0 Å². The standard InChI is InChI=1S/C15H22N2O3/c1-6-8-16-9-12(18)13-10(3)14(15(19)20-7-2)17(5)11(13)4/h6,16H,1,7-9H2,2-5H3. The van der Waals surface area contributed by atoms with Crippen LogP contribution in [0.3, 0.4) is 0 Å². The summed E-state index contributed by atoms with van der Waals surface area (Å²) in [6, 6.07) is 0. The highest BCUT2D eigenvalue weighted by molar-refractivity contribution is 6.03. The van der Waals surface area contributed by atoms with E-state index in [2.05, 4.69) is 11.9 Å². The first-order valence-electron chi connectivity index (χ1n) is 6.63. The van der Waals surface area contributed by atoms with Crippen molar-refractivity contribution in [2.24, 2.45) is 7.05 Å². The Morgan fingerprint density at radius 1 is 1.40 bits per heavy atom. The molecule has 0 aromatic carbocycles. The fraction of sp³-hybridized carbons (Fsp3) is 0.467. The molecule has 0 radical (unpaired) electrons. The molecule has 1 rings (SSSR count).